The molecule has 0 N–H and O–H groups in total. The maximum atomic E-state index is 4.63. The van der Waals surface area contributed by atoms with E-state index in [1.807, 2.05) is 0 Å². The van der Waals surface area contributed by atoms with E-state index in [-0.39, 0.29) is 19.5 Å². The van der Waals surface area contributed by atoms with Gasteiger partial charge in [0.25, 0.3) is 0 Å². The first-order valence-corrected chi connectivity index (χ1v) is 18.4. The van der Waals surface area contributed by atoms with Gasteiger partial charge in [-0.05, 0) is 86.5 Å². The van der Waals surface area contributed by atoms with Crippen molar-refractivity contribution in [2.45, 2.75) is 99.6 Å². The second kappa shape index (κ2) is 14.8. The van der Waals surface area contributed by atoms with Crippen LogP contribution >= 0.6 is 0 Å². The highest BCUT2D eigenvalue weighted by atomic mass is 15.4. The predicted octanol–water partition coefficient (Wildman–Crippen LogP) is 11.6. The van der Waals surface area contributed by atoms with Crippen LogP contribution in [0.25, 0.3) is 45.0 Å². The Bertz CT molecular complexity index is 2110. The van der Waals surface area contributed by atoms with Crippen molar-refractivity contribution in [2.24, 2.45) is 11.8 Å². The molecule has 0 amide bonds. The molecule has 6 heteroatoms. The summed E-state index contributed by atoms with van der Waals surface area (Å²) in [6.45, 7) is 18.0. The molecule has 2 heterocycles. The highest BCUT2D eigenvalue weighted by molar-refractivity contribution is 5.84. The van der Waals surface area contributed by atoms with E-state index < -0.39 is 0 Å². The van der Waals surface area contributed by atoms with Gasteiger partial charge in [-0.2, -0.15) is 0 Å². The molecule has 8 rings (SSSR count). The van der Waals surface area contributed by atoms with Crippen molar-refractivity contribution in [3.8, 4) is 45.0 Å². The minimum atomic E-state index is 0. The van der Waals surface area contributed by atoms with Gasteiger partial charge in [0, 0.05) is 34.3 Å². The zero-order chi connectivity index (χ0) is 35.1. The van der Waals surface area contributed by atoms with Gasteiger partial charge in [-0.1, -0.05) is 143 Å². The minimum Gasteiger partial charge on any atom is -0.242 e. The Kier molecular flexibility index (Phi) is 10.4. The quantitative estimate of drug-likeness (QED) is 0.186. The van der Waals surface area contributed by atoms with Gasteiger partial charge >= 0.3 is 0 Å². The molecule has 6 nitrogen and oxygen atoms in total. The van der Waals surface area contributed by atoms with Gasteiger partial charge < -0.3 is 0 Å². The van der Waals surface area contributed by atoms with E-state index in [1.165, 1.54) is 44.5 Å². The maximum Gasteiger partial charge on any atom is 0.121 e. The van der Waals surface area contributed by atoms with Crippen LogP contribution in [0.15, 0.2) is 97.1 Å². The average molecular weight is 679 g/mol. The Hall–Kier alpha value is -4.84. The summed E-state index contributed by atoms with van der Waals surface area (Å²) >= 11 is 0. The molecule has 6 aromatic rings. The third-order valence-corrected chi connectivity index (χ3v) is 10.6. The number of aromatic nitrogens is 6. The molecule has 0 saturated heterocycles. The molecule has 2 aliphatic carbocycles. The number of hydrogen-bond acceptors (Lipinski definition) is 4. The van der Waals surface area contributed by atoms with Gasteiger partial charge in [0.1, 0.15) is 11.4 Å². The van der Waals surface area contributed by atoms with Crippen molar-refractivity contribution in [3.05, 3.63) is 119 Å². The molecule has 4 aromatic carbocycles. The van der Waals surface area contributed by atoms with Gasteiger partial charge in [-0.25, -0.2) is 9.36 Å². The summed E-state index contributed by atoms with van der Waals surface area (Å²) < 4.78 is 4.15. The van der Waals surface area contributed by atoms with E-state index >= 15 is 0 Å². The predicted molar refractivity (Wildman–Crippen MR) is 212 cm³/mol. The Morgan fingerprint density at radius 3 is 1.35 bits per heavy atom. The molecule has 51 heavy (non-hydrogen) atoms. The lowest BCUT2D eigenvalue weighted by Crippen LogP contribution is -2.15. The van der Waals surface area contributed by atoms with Gasteiger partial charge in [0.15, 0.2) is 0 Å². The second-order valence-corrected chi connectivity index (χ2v) is 15.2. The molecule has 0 fully saturated rings. The fourth-order valence-electron chi connectivity index (χ4n) is 7.99. The molecular weight excluding hydrogens is 625 g/mol. The average Bonchev–Trinajstić information content (AvgIpc) is 3.74. The van der Waals surface area contributed by atoms with E-state index in [9.17, 15) is 0 Å². The lowest BCUT2D eigenvalue weighted by Gasteiger charge is -2.28. The zero-order valence-corrected chi connectivity index (χ0v) is 30.8. The first-order chi connectivity index (χ1) is 24.2. The molecule has 0 aliphatic heterocycles. The first-order valence-electron chi connectivity index (χ1n) is 18.4. The molecule has 2 aromatic heterocycles. The molecule has 0 spiro atoms. The molecule has 0 saturated carbocycles. The van der Waals surface area contributed by atoms with Gasteiger partial charge in [0.05, 0.1) is 11.4 Å². The van der Waals surface area contributed by atoms with Crippen LogP contribution in [0.3, 0.4) is 0 Å². The summed E-state index contributed by atoms with van der Waals surface area (Å²) in [6, 6.07) is 35.5. The van der Waals surface area contributed by atoms with Crippen LogP contribution in [0, 0.1) is 11.8 Å². The fraction of sp³-hybridized carbons (Fsp3) is 0.378. The van der Waals surface area contributed by atoms with Crippen molar-refractivity contribution < 1.29 is 0 Å². The fourth-order valence-corrected chi connectivity index (χ4v) is 7.99. The Morgan fingerprint density at radius 1 is 0.471 bits per heavy atom. The van der Waals surface area contributed by atoms with Crippen molar-refractivity contribution in [1.29, 1.82) is 0 Å². The lowest BCUT2D eigenvalue weighted by molar-refractivity contribution is 0.493. The summed E-state index contributed by atoms with van der Waals surface area (Å²) in [5.41, 5.74) is 14.9. The highest BCUT2D eigenvalue weighted by Crippen LogP contribution is 2.45. The number of benzene rings is 4. The monoisotopic (exact) mass is 678 g/mol. The number of fused-ring (bicyclic) bond motifs is 10. The summed E-state index contributed by atoms with van der Waals surface area (Å²) in [5.74, 6) is 2.10. The van der Waals surface area contributed by atoms with Crippen LogP contribution in [0.1, 0.15) is 109 Å². The van der Waals surface area contributed by atoms with Crippen LogP contribution in [-0.2, 0) is 12.8 Å². The SMILES string of the molecule is C.CC(C)C1Cc2ccccc2-c2c(nnn2C(C)C)-c2ccccc21.CC(C)C1Cc2ccccc2-c2nnn(C(C)C)c2-c2ccccc21. The van der Waals surface area contributed by atoms with E-state index in [0.29, 0.717) is 23.7 Å². The van der Waals surface area contributed by atoms with Crippen LogP contribution in [0.2, 0.25) is 0 Å². The smallest absolute Gasteiger partial charge is 0.121 e. The van der Waals surface area contributed by atoms with Gasteiger partial charge in [0.2, 0.25) is 0 Å². The van der Waals surface area contributed by atoms with Crippen molar-refractivity contribution >= 4 is 0 Å². The second-order valence-electron chi connectivity index (χ2n) is 15.2. The summed E-state index contributed by atoms with van der Waals surface area (Å²) in [6.07, 6.45) is 2.09. The number of rotatable bonds is 4. The van der Waals surface area contributed by atoms with Crippen molar-refractivity contribution in [2.75, 3.05) is 0 Å². The Labute approximate surface area is 305 Å². The molecule has 0 bridgehead atoms. The van der Waals surface area contributed by atoms with Crippen LogP contribution in [0.4, 0.5) is 0 Å². The topological polar surface area (TPSA) is 61.4 Å². The molecular formula is C45H54N6. The zero-order valence-electron chi connectivity index (χ0n) is 30.8. The molecule has 0 radical (unpaired) electrons. The van der Waals surface area contributed by atoms with Crippen molar-refractivity contribution in [1.82, 2.24) is 30.0 Å². The standard InChI is InChI=1S/2C22H25N3.CH4/c1-14(2)20-13-16-9-5-6-10-17(16)22-21(23-24-25(22)15(3)4)19-12-8-7-11-18(19)20;1-14(2)20-13-16-9-5-6-10-17(16)21-22(25(15(3)4)24-23-21)19-12-8-7-11-18(19)20;/h2*5-12,14-15,20H,13H2,1-4H3;1H4. The normalized spacial score (nSPS) is 15.8. The molecule has 264 valence electrons. The van der Waals surface area contributed by atoms with E-state index in [2.05, 4.69) is 182 Å². The van der Waals surface area contributed by atoms with E-state index in [4.69, 9.17) is 0 Å². The number of nitrogens with zero attached hydrogens (tertiary/aromatic N) is 6. The van der Waals surface area contributed by atoms with Crippen LogP contribution in [0.5, 0.6) is 0 Å². The highest BCUT2D eigenvalue weighted by Gasteiger charge is 2.31. The Balaban J connectivity index is 0.000000172. The molecule has 2 aliphatic rings. The van der Waals surface area contributed by atoms with E-state index in [1.54, 1.807) is 0 Å². The third kappa shape index (κ3) is 6.57. The lowest BCUT2D eigenvalue weighted by atomic mass is 9.77. The van der Waals surface area contributed by atoms with Crippen LogP contribution in [-0.4, -0.2) is 30.0 Å². The summed E-state index contributed by atoms with van der Waals surface area (Å²) in [7, 11) is 0. The van der Waals surface area contributed by atoms with Crippen molar-refractivity contribution in [3.63, 3.8) is 0 Å². The number of hydrogen-bond donors (Lipinski definition) is 0. The first kappa shape index (κ1) is 36.0. The summed E-state index contributed by atoms with van der Waals surface area (Å²) in [4.78, 5) is 0. The largest absolute Gasteiger partial charge is 0.242 e. The molecule has 2 atom stereocenters. The van der Waals surface area contributed by atoms with Crippen LogP contribution < -0.4 is 0 Å². The maximum absolute atomic E-state index is 4.63. The third-order valence-electron chi connectivity index (χ3n) is 10.6. The van der Waals surface area contributed by atoms with Gasteiger partial charge in [-0.3, -0.25) is 0 Å². The minimum absolute atomic E-state index is 0. The van der Waals surface area contributed by atoms with E-state index in [0.717, 1.165) is 35.6 Å². The molecule has 2 unspecified atom stereocenters. The Morgan fingerprint density at radius 2 is 0.843 bits per heavy atom. The summed E-state index contributed by atoms with van der Waals surface area (Å²) in [5, 5.41) is 18.3. The van der Waals surface area contributed by atoms with Gasteiger partial charge in [-0.15, -0.1) is 10.2 Å².